The van der Waals surface area contributed by atoms with Crippen molar-refractivity contribution in [2.75, 3.05) is 13.1 Å². The van der Waals surface area contributed by atoms with Gasteiger partial charge in [0.05, 0.1) is 0 Å². The predicted octanol–water partition coefficient (Wildman–Crippen LogP) is 3.58. The lowest BCUT2D eigenvalue weighted by Gasteiger charge is -2.41. The third-order valence-corrected chi connectivity index (χ3v) is 4.72. The molecule has 4 unspecified atom stereocenters. The number of hydrogen-bond acceptors (Lipinski definition) is 2. The number of likely N-dealkylation sites (tertiary alicyclic amines) is 1. The van der Waals surface area contributed by atoms with Crippen molar-refractivity contribution in [3.05, 3.63) is 35.6 Å². The largest absolute Gasteiger partial charge is 0.324 e. The van der Waals surface area contributed by atoms with Crippen LogP contribution in [0.1, 0.15) is 45.2 Å². The summed E-state index contributed by atoms with van der Waals surface area (Å²) in [5, 5.41) is 0. The van der Waals surface area contributed by atoms with Gasteiger partial charge in [-0.2, -0.15) is 0 Å². The van der Waals surface area contributed by atoms with Crippen LogP contribution in [0.3, 0.4) is 0 Å². The molecule has 0 aromatic heterocycles. The molecule has 3 heteroatoms. The Morgan fingerprint density at radius 3 is 2.80 bits per heavy atom. The molecule has 0 spiro atoms. The molecular formula is C17H27FN2. The van der Waals surface area contributed by atoms with E-state index in [-0.39, 0.29) is 11.9 Å². The van der Waals surface area contributed by atoms with E-state index in [1.54, 1.807) is 12.1 Å². The summed E-state index contributed by atoms with van der Waals surface area (Å²) in [6.45, 7) is 9.11. The number of benzene rings is 1. The first-order valence-electron chi connectivity index (χ1n) is 7.72. The molecule has 1 aliphatic rings. The molecule has 1 fully saturated rings. The highest BCUT2D eigenvalue weighted by molar-refractivity contribution is 5.19. The first-order chi connectivity index (χ1) is 9.47. The van der Waals surface area contributed by atoms with E-state index >= 15 is 0 Å². The third-order valence-electron chi connectivity index (χ3n) is 4.72. The molecule has 1 aromatic carbocycles. The van der Waals surface area contributed by atoms with Crippen molar-refractivity contribution in [2.45, 2.75) is 45.7 Å². The van der Waals surface area contributed by atoms with Crippen molar-refractivity contribution in [3.63, 3.8) is 0 Å². The van der Waals surface area contributed by atoms with Crippen LogP contribution in [0.15, 0.2) is 24.3 Å². The molecule has 1 aromatic rings. The van der Waals surface area contributed by atoms with Gasteiger partial charge in [0, 0.05) is 25.2 Å². The van der Waals surface area contributed by atoms with Crippen molar-refractivity contribution in [3.8, 4) is 0 Å². The van der Waals surface area contributed by atoms with Gasteiger partial charge >= 0.3 is 0 Å². The average Bonchev–Trinajstić information content (AvgIpc) is 2.40. The molecule has 4 atom stereocenters. The maximum atomic E-state index is 13.2. The standard InChI is InChI=1S/C17H27FN2/c1-12-9-13(2)14(3)20(11-12)8-7-17(19)15-5-4-6-16(18)10-15/h4-6,10,12-14,17H,7-9,11,19H2,1-3H3. The van der Waals surface area contributed by atoms with Gasteiger partial charge in [0.2, 0.25) is 0 Å². The highest BCUT2D eigenvalue weighted by Gasteiger charge is 2.28. The van der Waals surface area contributed by atoms with Crippen LogP contribution in [-0.2, 0) is 0 Å². The summed E-state index contributed by atoms with van der Waals surface area (Å²) >= 11 is 0. The quantitative estimate of drug-likeness (QED) is 0.912. The summed E-state index contributed by atoms with van der Waals surface area (Å²) in [5.41, 5.74) is 7.10. The Hall–Kier alpha value is -0.930. The molecule has 0 amide bonds. The van der Waals surface area contributed by atoms with Crippen molar-refractivity contribution >= 4 is 0 Å². The highest BCUT2D eigenvalue weighted by Crippen LogP contribution is 2.27. The van der Waals surface area contributed by atoms with Crippen molar-refractivity contribution in [1.82, 2.24) is 4.90 Å². The number of nitrogens with zero attached hydrogens (tertiary/aromatic N) is 1. The fraction of sp³-hybridized carbons (Fsp3) is 0.647. The Morgan fingerprint density at radius 1 is 1.35 bits per heavy atom. The van der Waals surface area contributed by atoms with Crippen LogP contribution in [0.2, 0.25) is 0 Å². The fourth-order valence-corrected chi connectivity index (χ4v) is 3.34. The summed E-state index contributed by atoms with van der Waals surface area (Å²) in [6.07, 6.45) is 2.20. The summed E-state index contributed by atoms with van der Waals surface area (Å²) in [5.74, 6) is 1.29. The Morgan fingerprint density at radius 2 is 2.10 bits per heavy atom. The fourth-order valence-electron chi connectivity index (χ4n) is 3.34. The lowest BCUT2D eigenvalue weighted by Crippen LogP contribution is -2.46. The topological polar surface area (TPSA) is 29.3 Å². The number of halogens is 1. The minimum absolute atomic E-state index is 0.0783. The molecular weight excluding hydrogens is 251 g/mol. The van der Waals surface area contributed by atoms with Gasteiger partial charge in [-0.05, 0) is 49.3 Å². The van der Waals surface area contributed by atoms with E-state index < -0.39 is 0 Å². The van der Waals surface area contributed by atoms with E-state index in [1.807, 2.05) is 6.07 Å². The van der Waals surface area contributed by atoms with Crippen LogP contribution in [0, 0.1) is 17.7 Å². The maximum Gasteiger partial charge on any atom is 0.123 e. The van der Waals surface area contributed by atoms with Crippen LogP contribution >= 0.6 is 0 Å². The van der Waals surface area contributed by atoms with Gasteiger partial charge in [-0.1, -0.05) is 26.0 Å². The molecule has 0 aliphatic carbocycles. The van der Waals surface area contributed by atoms with Crippen LogP contribution in [0.4, 0.5) is 4.39 Å². The van der Waals surface area contributed by atoms with Gasteiger partial charge in [-0.3, -0.25) is 0 Å². The number of piperidine rings is 1. The molecule has 1 heterocycles. The van der Waals surface area contributed by atoms with E-state index in [2.05, 4.69) is 25.7 Å². The lowest BCUT2D eigenvalue weighted by molar-refractivity contribution is 0.0769. The smallest absolute Gasteiger partial charge is 0.123 e. The number of hydrogen-bond donors (Lipinski definition) is 1. The van der Waals surface area contributed by atoms with Gasteiger partial charge in [-0.25, -0.2) is 4.39 Å². The van der Waals surface area contributed by atoms with Crippen LogP contribution in [0.25, 0.3) is 0 Å². The monoisotopic (exact) mass is 278 g/mol. The van der Waals surface area contributed by atoms with Gasteiger partial charge in [-0.15, -0.1) is 0 Å². The first-order valence-corrected chi connectivity index (χ1v) is 7.72. The van der Waals surface area contributed by atoms with Gasteiger partial charge in [0.25, 0.3) is 0 Å². The van der Waals surface area contributed by atoms with Gasteiger partial charge < -0.3 is 10.6 Å². The molecule has 1 aliphatic heterocycles. The summed E-state index contributed by atoms with van der Waals surface area (Å²) in [4.78, 5) is 2.54. The summed E-state index contributed by atoms with van der Waals surface area (Å²) < 4.78 is 13.2. The highest BCUT2D eigenvalue weighted by atomic mass is 19.1. The van der Waals surface area contributed by atoms with Crippen molar-refractivity contribution < 1.29 is 4.39 Å². The van der Waals surface area contributed by atoms with E-state index in [1.165, 1.54) is 12.5 Å². The second kappa shape index (κ2) is 6.68. The molecule has 20 heavy (non-hydrogen) atoms. The Balaban J connectivity index is 1.91. The number of rotatable bonds is 4. The molecule has 0 bridgehead atoms. The molecule has 0 radical (unpaired) electrons. The Labute approximate surface area is 122 Å². The zero-order valence-corrected chi connectivity index (χ0v) is 12.8. The van der Waals surface area contributed by atoms with E-state index in [9.17, 15) is 4.39 Å². The average molecular weight is 278 g/mol. The molecule has 2 N–H and O–H groups in total. The Bertz CT molecular complexity index is 435. The number of nitrogens with two attached hydrogens (primary N) is 1. The molecule has 1 saturated heterocycles. The summed E-state index contributed by atoms with van der Waals surface area (Å²) in [6, 6.07) is 7.20. The molecule has 112 valence electrons. The normalized spacial score (nSPS) is 29.4. The van der Waals surface area contributed by atoms with Crippen LogP contribution < -0.4 is 5.73 Å². The van der Waals surface area contributed by atoms with Crippen LogP contribution in [0.5, 0.6) is 0 Å². The van der Waals surface area contributed by atoms with E-state index in [4.69, 9.17) is 5.73 Å². The van der Waals surface area contributed by atoms with Gasteiger partial charge in [0.15, 0.2) is 0 Å². The minimum atomic E-state index is -0.202. The molecule has 2 rings (SSSR count). The Kier molecular flexibility index (Phi) is 5.17. The SMILES string of the molecule is CC1CC(C)C(C)N(CCC(N)c2cccc(F)c2)C1. The molecule has 0 saturated carbocycles. The van der Waals surface area contributed by atoms with Crippen molar-refractivity contribution in [1.29, 1.82) is 0 Å². The summed E-state index contributed by atoms with van der Waals surface area (Å²) in [7, 11) is 0. The van der Waals surface area contributed by atoms with Gasteiger partial charge in [0.1, 0.15) is 5.82 Å². The first kappa shape index (κ1) is 15.5. The maximum absolute atomic E-state index is 13.2. The van der Waals surface area contributed by atoms with Crippen LogP contribution in [-0.4, -0.2) is 24.0 Å². The predicted molar refractivity (Wildman–Crippen MR) is 81.9 cm³/mol. The van der Waals surface area contributed by atoms with Crippen molar-refractivity contribution in [2.24, 2.45) is 17.6 Å². The third kappa shape index (κ3) is 3.80. The van der Waals surface area contributed by atoms with E-state index in [0.29, 0.717) is 6.04 Å². The zero-order chi connectivity index (χ0) is 14.7. The van der Waals surface area contributed by atoms with E-state index in [0.717, 1.165) is 36.9 Å². The lowest BCUT2D eigenvalue weighted by atomic mass is 9.85. The molecule has 2 nitrogen and oxygen atoms in total. The second-order valence-electron chi connectivity index (χ2n) is 6.50. The second-order valence-corrected chi connectivity index (χ2v) is 6.50. The minimum Gasteiger partial charge on any atom is -0.324 e. The zero-order valence-electron chi connectivity index (χ0n) is 12.8.